The predicted octanol–water partition coefficient (Wildman–Crippen LogP) is 2.83. The van der Waals surface area contributed by atoms with Crippen molar-refractivity contribution in [3.63, 3.8) is 0 Å². The Balaban J connectivity index is 2.89. The second kappa shape index (κ2) is 7.54. The molecule has 0 bridgehead atoms. The fourth-order valence-electron chi connectivity index (χ4n) is 2.04. The first-order chi connectivity index (χ1) is 9.28. The van der Waals surface area contributed by atoms with Crippen LogP contribution in [0.15, 0.2) is 11.0 Å². The molecule has 0 unspecified atom stereocenters. The fourth-order valence-corrected chi connectivity index (χ4v) is 4.94. The Morgan fingerprint density at radius 1 is 1.40 bits per heavy atom. The smallest absolute Gasteiger partial charge is 0.243 e. The van der Waals surface area contributed by atoms with E-state index in [-0.39, 0.29) is 0 Å². The van der Waals surface area contributed by atoms with Crippen molar-refractivity contribution >= 4 is 21.4 Å². The van der Waals surface area contributed by atoms with Gasteiger partial charge >= 0.3 is 0 Å². The standard InChI is InChI=1S/C14H26N2O2S2/c1-6-7-15-9-13-8-14(12(4)19-13)20(17,18)16(5)10-11(2)3/h8,11,15H,6-7,9-10H2,1-5H3. The molecule has 1 aromatic rings. The quantitative estimate of drug-likeness (QED) is 0.750. The summed E-state index contributed by atoms with van der Waals surface area (Å²) in [6.45, 7) is 10.3. The summed E-state index contributed by atoms with van der Waals surface area (Å²) in [5, 5.41) is 3.31. The second-order valence-electron chi connectivity index (χ2n) is 5.49. The van der Waals surface area contributed by atoms with Gasteiger partial charge in [-0.15, -0.1) is 11.3 Å². The SMILES string of the molecule is CCCNCc1cc(S(=O)(=O)N(C)CC(C)C)c(C)s1. The third-order valence-electron chi connectivity index (χ3n) is 2.96. The van der Waals surface area contributed by atoms with Crippen LogP contribution < -0.4 is 5.32 Å². The zero-order valence-corrected chi connectivity index (χ0v) is 14.7. The van der Waals surface area contributed by atoms with Gasteiger partial charge < -0.3 is 5.32 Å². The largest absolute Gasteiger partial charge is 0.312 e. The molecule has 0 spiro atoms. The molecule has 1 aromatic heterocycles. The number of nitrogens with one attached hydrogen (secondary N) is 1. The number of nitrogens with zero attached hydrogens (tertiary/aromatic N) is 1. The Hall–Kier alpha value is -0.430. The normalized spacial score (nSPS) is 12.6. The first-order valence-electron chi connectivity index (χ1n) is 7.05. The fraction of sp³-hybridized carbons (Fsp3) is 0.714. The Morgan fingerprint density at radius 3 is 2.60 bits per heavy atom. The summed E-state index contributed by atoms with van der Waals surface area (Å²) >= 11 is 1.56. The van der Waals surface area contributed by atoms with Gasteiger partial charge in [-0.1, -0.05) is 20.8 Å². The van der Waals surface area contributed by atoms with E-state index in [4.69, 9.17) is 0 Å². The number of rotatable bonds is 8. The number of hydrogen-bond donors (Lipinski definition) is 1. The maximum Gasteiger partial charge on any atom is 0.243 e. The maximum atomic E-state index is 12.5. The highest BCUT2D eigenvalue weighted by Crippen LogP contribution is 2.28. The number of sulfonamides is 1. The molecule has 0 saturated carbocycles. The molecule has 0 aliphatic heterocycles. The Bertz CT molecular complexity index is 521. The van der Waals surface area contributed by atoms with Crippen molar-refractivity contribution in [2.24, 2.45) is 5.92 Å². The number of hydrogen-bond acceptors (Lipinski definition) is 4. The van der Waals surface area contributed by atoms with E-state index in [9.17, 15) is 8.42 Å². The molecule has 0 aliphatic carbocycles. The first kappa shape index (κ1) is 17.6. The Labute approximate surface area is 127 Å². The molecule has 0 aromatic carbocycles. The minimum Gasteiger partial charge on any atom is -0.312 e. The topological polar surface area (TPSA) is 49.4 Å². The lowest BCUT2D eigenvalue weighted by molar-refractivity contribution is 0.417. The van der Waals surface area contributed by atoms with Gasteiger partial charge in [-0.05, 0) is 31.9 Å². The molecular formula is C14H26N2O2S2. The Morgan fingerprint density at radius 2 is 2.05 bits per heavy atom. The molecule has 0 radical (unpaired) electrons. The first-order valence-corrected chi connectivity index (χ1v) is 9.31. The van der Waals surface area contributed by atoms with Crippen molar-refractivity contribution < 1.29 is 8.42 Å². The van der Waals surface area contributed by atoms with Gasteiger partial charge in [0.25, 0.3) is 0 Å². The summed E-state index contributed by atoms with van der Waals surface area (Å²) in [6.07, 6.45) is 1.08. The molecule has 6 heteroatoms. The van der Waals surface area contributed by atoms with Crippen LogP contribution >= 0.6 is 11.3 Å². The van der Waals surface area contributed by atoms with E-state index in [1.54, 1.807) is 18.4 Å². The van der Waals surface area contributed by atoms with Crippen molar-refractivity contribution in [3.05, 3.63) is 15.8 Å². The second-order valence-corrected chi connectivity index (χ2v) is 8.84. The molecule has 4 nitrogen and oxygen atoms in total. The van der Waals surface area contributed by atoms with Crippen LogP contribution in [0, 0.1) is 12.8 Å². The summed E-state index contributed by atoms with van der Waals surface area (Å²) < 4.78 is 26.5. The van der Waals surface area contributed by atoms with E-state index < -0.39 is 10.0 Å². The number of aryl methyl sites for hydroxylation is 1. The lowest BCUT2D eigenvalue weighted by Crippen LogP contribution is -2.30. The van der Waals surface area contributed by atoms with Gasteiger partial charge in [0.05, 0.1) is 4.90 Å². The van der Waals surface area contributed by atoms with E-state index in [1.807, 2.05) is 26.8 Å². The highest BCUT2D eigenvalue weighted by Gasteiger charge is 2.25. The van der Waals surface area contributed by atoms with E-state index in [1.165, 1.54) is 4.31 Å². The van der Waals surface area contributed by atoms with Crippen LogP contribution in [0.3, 0.4) is 0 Å². The third-order valence-corrected chi connectivity index (χ3v) is 6.09. The average Bonchev–Trinajstić information content (AvgIpc) is 2.70. The van der Waals surface area contributed by atoms with Gasteiger partial charge in [0.15, 0.2) is 0 Å². The zero-order valence-electron chi connectivity index (χ0n) is 13.1. The maximum absolute atomic E-state index is 12.5. The number of thiophene rings is 1. The van der Waals surface area contributed by atoms with Crippen LogP contribution in [-0.4, -0.2) is 32.9 Å². The summed E-state index contributed by atoms with van der Waals surface area (Å²) in [5.41, 5.74) is 0. The van der Waals surface area contributed by atoms with Gasteiger partial charge in [0.1, 0.15) is 0 Å². The molecule has 116 valence electrons. The molecule has 0 fully saturated rings. The third kappa shape index (κ3) is 4.55. The van der Waals surface area contributed by atoms with E-state index >= 15 is 0 Å². The van der Waals surface area contributed by atoms with Crippen LogP contribution in [0.25, 0.3) is 0 Å². The highest BCUT2D eigenvalue weighted by molar-refractivity contribution is 7.89. The van der Waals surface area contributed by atoms with Crippen molar-refractivity contribution in [2.45, 2.75) is 45.6 Å². The van der Waals surface area contributed by atoms with Gasteiger partial charge in [0.2, 0.25) is 10.0 Å². The lowest BCUT2D eigenvalue weighted by Gasteiger charge is -2.18. The van der Waals surface area contributed by atoms with E-state index in [0.29, 0.717) is 17.4 Å². The lowest BCUT2D eigenvalue weighted by atomic mass is 10.2. The predicted molar refractivity (Wildman–Crippen MR) is 85.7 cm³/mol. The summed E-state index contributed by atoms with van der Waals surface area (Å²) in [6, 6.07) is 1.81. The minimum absolute atomic E-state index is 0.319. The van der Waals surface area contributed by atoms with Crippen molar-refractivity contribution in [1.29, 1.82) is 0 Å². The molecule has 1 N–H and O–H groups in total. The van der Waals surface area contributed by atoms with Crippen molar-refractivity contribution in [3.8, 4) is 0 Å². The summed E-state index contributed by atoms with van der Waals surface area (Å²) in [4.78, 5) is 2.40. The van der Waals surface area contributed by atoms with Gasteiger partial charge in [-0.3, -0.25) is 0 Å². The van der Waals surface area contributed by atoms with Crippen LogP contribution in [0.4, 0.5) is 0 Å². The molecule has 20 heavy (non-hydrogen) atoms. The van der Waals surface area contributed by atoms with Crippen molar-refractivity contribution in [2.75, 3.05) is 20.1 Å². The van der Waals surface area contributed by atoms with E-state index in [0.717, 1.165) is 29.3 Å². The zero-order chi connectivity index (χ0) is 15.3. The molecule has 0 amide bonds. The van der Waals surface area contributed by atoms with Gasteiger partial charge in [-0.25, -0.2) is 12.7 Å². The highest BCUT2D eigenvalue weighted by atomic mass is 32.2. The van der Waals surface area contributed by atoms with Crippen LogP contribution in [0.1, 0.15) is 36.9 Å². The minimum atomic E-state index is -3.36. The van der Waals surface area contributed by atoms with Crippen molar-refractivity contribution in [1.82, 2.24) is 9.62 Å². The summed E-state index contributed by atoms with van der Waals surface area (Å²) in [5.74, 6) is 0.319. The molecule has 0 aliphatic rings. The van der Waals surface area contributed by atoms with Crippen LogP contribution in [-0.2, 0) is 16.6 Å². The van der Waals surface area contributed by atoms with Crippen LogP contribution in [0.2, 0.25) is 0 Å². The van der Waals surface area contributed by atoms with Gasteiger partial charge in [0, 0.05) is 29.9 Å². The molecule has 0 atom stereocenters. The average molecular weight is 319 g/mol. The molecule has 1 rings (SSSR count). The van der Waals surface area contributed by atoms with E-state index in [2.05, 4.69) is 12.2 Å². The van der Waals surface area contributed by atoms with Gasteiger partial charge in [-0.2, -0.15) is 0 Å². The molecule has 0 saturated heterocycles. The Kier molecular flexibility index (Phi) is 6.64. The van der Waals surface area contributed by atoms with Crippen LogP contribution in [0.5, 0.6) is 0 Å². The molecule has 1 heterocycles. The summed E-state index contributed by atoms with van der Waals surface area (Å²) in [7, 11) is -1.70. The monoisotopic (exact) mass is 318 g/mol. The molecular weight excluding hydrogens is 292 g/mol.